The van der Waals surface area contributed by atoms with Gasteiger partial charge in [0.05, 0.1) is 4.92 Å². The van der Waals surface area contributed by atoms with Gasteiger partial charge < -0.3 is 10.6 Å². The number of non-ortho nitro benzene ring substituents is 1. The van der Waals surface area contributed by atoms with E-state index in [9.17, 15) is 10.1 Å². The Morgan fingerprint density at radius 3 is 2.73 bits per heavy atom. The Morgan fingerprint density at radius 2 is 2.20 bits per heavy atom. The number of nitrogens with zero attached hydrogens (tertiary/aromatic N) is 2. The van der Waals surface area contributed by atoms with Crippen LogP contribution in [0.25, 0.3) is 0 Å². The van der Waals surface area contributed by atoms with E-state index >= 15 is 0 Å². The molecule has 0 radical (unpaired) electrons. The number of rotatable bonds is 2. The second kappa shape index (κ2) is 3.51. The number of nitro groups is 1. The number of hydrogen-bond acceptors (Lipinski definition) is 4. The lowest BCUT2D eigenvalue weighted by atomic mass is 10.1. The molecule has 1 fully saturated rings. The molecule has 1 aromatic rings. The summed E-state index contributed by atoms with van der Waals surface area (Å²) in [6.07, 6.45) is 0. The zero-order valence-corrected chi connectivity index (χ0v) is 8.51. The van der Waals surface area contributed by atoms with Crippen LogP contribution in [0.3, 0.4) is 0 Å². The topological polar surface area (TPSA) is 72.4 Å². The molecule has 0 saturated carbocycles. The number of benzene rings is 1. The third-order valence-electron chi connectivity index (χ3n) is 2.65. The van der Waals surface area contributed by atoms with Gasteiger partial charge in [-0.05, 0) is 12.5 Å². The van der Waals surface area contributed by atoms with Crippen molar-refractivity contribution < 1.29 is 4.92 Å². The van der Waals surface area contributed by atoms with Crippen molar-refractivity contribution in [2.75, 3.05) is 18.0 Å². The lowest BCUT2D eigenvalue weighted by molar-refractivity contribution is -0.384. The van der Waals surface area contributed by atoms with E-state index in [-0.39, 0.29) is 16.7 Å². The summed E-state index contributed by atoms with van der Waals surface area (Å²) in [6, 6.07) is 5.11. The predicted octanol–water partition coefficient (Wildman–Crippen LogP) is 1.05. The summed E-state index contributed by atoms with van der Waals surface area (Å²) in [5, 5.41) is 10.6. The minimum absolute atomic E-state index is 0.135. The summed E-state index contributed by atoms with van der Waals surface area (Å²) in [4.78, 5) is 12.3. The van der Waals surface area contributed by atoms with E-state index in [1.165, 1.54) is 6.07 Å². The Hall–Kier alpha value is -1.62. The fraction of sp³-hybridized carbons (Fsp3) is 0.400. The van der Waals surface area contributed by atoms with Gasteiger partial charge in [-0.3, -0.25) is 10.1 Å². The quantitative estimate of drug-likeness (QED) is 0.581. The van der Waals surface area contributed by atoms with Crippen LogP contribution in [-0.2, 0) is 0 Å². The number of nitrogens with two attached hydrogens (primary N) is 1. The fourth-order valence-corrected chi connectivity index (χ4v) is 1.76. The molecule has 1 aliphatic heterocycles. The van der Waals surface area contributed by atoms with Crippen molar-refractivity contribution >= 4 is 11.4 Å². The molecule has 0 atom stereocenters. The van der Waals surface area contributed by atoms with Gasteiger partial charge in [0.15, 0.2) is 0 Å². The molecule has 0 spiro atoms. The van der Waals surface area contributed by atoms with Crippen molar-refractivity contribution in [1.29, 1.82) is 0 Å². The molecule has 80 valence electrons. The van der Waals surface area contributed by atoms with Crippen LogP contribution in [0.5, 0.6) is 0 Å². The Bertz CT molecular complexity index is 400. The number of nitro benzene ring substituents is 1. The smallest absolute Gasteiger partial charge is 0.271 e. The van der Waals surface area contributed by atoms with Gasteiger partial charge in [0.2, 0.25) is 0 Å². The molecule has 5 nitrogen and oxygen atoms in total. The van der Waals surface area contributed by atoms with Gasteiger partial charge >= 0.3 is 0 Å². The number of anilines is 1. The molecule has 2 N–H and O–H groups in total. The first-order valence-electron chi connectivity index (χ1n) is 4.83. The molecule has 0 unspecified atom stereocenters. The molecular weight excluding hydrogens is 194 g/mol. The van der Waals surface area contributed by atoms with E-state index in [0.717, 1.165) is 24.3 Å². The van der Waals surface area contributed by atoms with Crippen LogP contribution in [0.4, 0.5) is 11.4 Å². The van der Waals surface area contributed by atoms with E-state index in [0.29, 0.717) is 0 Å². The van der Waals surface area contributed by atoms with Gasteiger partial charge in [-0.15, -0.1) is 0 Å². The molecule has 0 aliphatic carbocycles. The highest BCUT2D eigenvalue weighted by molar-refractivity contribution is 5.60. The summed E-state index contributed by atoms with van der Waals surface area (Å²) in [5.74, 6) is 0. The van der Waals surface area contributed by atoms with Crippen molar-refractivity contribution in [2.45, 2.75) is 13.0 Å². The largest absolute Gasteiger partial charge is 0.368 e. The Balaban J connectivity index is 2.29. The fourth-order valence-electron chi connectivity index (χ4n) is 1.76. The summed E-state index contributed by atoms with van der Waals surface area (Å²) in [6.45, 7) is 3.51. The number of aryl methyl sites for hydroxylation is 1. The van der Waals surface area contributed by atoms with Crippen molar-refractivity contribution in [2.24, 2.45) is 5.73 Å². The van der Waals surface area contributed by atoms with Gasteiger partial charge in [-0.1, -0.05) is 6.07 Å². The van der Waals surface area contributed by atoms with Crippen LogP contribution in [0.1, 0.15) is 5.56 Å². The minimum Gasteiger partial charge on any atom is -0.368 e. The molecular formula is C10H13N3O2. The Labute approximate surface area is 87.6 Å². The first kappa shape index (κ1) is 9.92. The van der Waals surface area contributed by atoms with E-state index in [1.807, 2.05) is 6.92 Å². The normalized spacial score (nSPS) is 16.3. The van der Waals surface area contributed by atoms with Gasteiger partial charge in [-0.25, -0.2) is 0 Å². The van der Waals surface area contributed by atoms with Crippen molar-refractivity contribution in [3.63, 3.8) is 0 Å². The summed E-state index contributed by atoms with van der Waals surface area (Å²) in [5.41, 5.74) is 7.78. The minimum atomic E-state index is -0.372. The highest BCUT2D eigenvalue weighted by Gasteiger charge is 2.25. The molecule has 1 aliphatic rings. The maximum atomic E-state index is 10.6. The molecule has 0 aromatic heterocycles. The summed E-state index contributed by atoms with van der Waals surface area (Å²) in [7, 11) is 0. The molecule has 0 amide bonds. The van der Waals surface area contributed by atoms with Crippen LogP contribution < -0.4 is 10.6 Å². The van der Waals surface area contributed by atoms with Crippen molar-refractivity contribution in [1.82, 2.24) is 0 Å². The Morgan fingerprint density at radius 1 is 1.53 bits per heavy atom. The molecule has 0 bridgehead atoms. The first-order valence-corrected chi connectivity index (χ1v) is 4.83. The zero-order chi connectivity index (χ0) is 11.0. The van der Waals surface area contributed by atoms with Crippen molar-refractivity contribution in [3.8, 4) is 0 Å². The van der Waals surface area contributed by atoms with Crippen LogP contribution in [0, 0.1) is 17.0 Å². The lowest BCUT2D eigenvalue weighted by Gasteiger charge is -2.39. The van der Waals surface area contributed by atoms with E-state index in [4.69, 9.17) is 5.73 Å². The van der Waals surface area contributed by atoms with Gasteiger partial charge in [0, 0.05) is 37.0 Å². The predicted molar refractivity (Wildman–Crippen MR) is 58.0 cm³/mol. The van der Waals surface area contributed by atoms with E-state index < -0.39 is 0 Å². The molecule has 1 aromatic carbocycles. The van der Waals surface area contributed by atoms with Gasteiger partial charge in [0.1, 0.15) is 0 Å². The van der Waals surface area contributed by atoms with Crippen molar-refractivity contribution in [3.05, 3.63) is 33.9 Å². The molecule has 2 rings (SSSR count). The summed E-state index contributed by atoms with van der Waals surface area (Å²) < 4.78 is 0. The second-order valence-corrected chi connectivity index (χ2v) is 3.89. The third kappa shape index (κ3) is 1.78. The average molecular weight is 207 g/mol. The highest BCUT2D eigenvalue weighted by atomic mass is 16.6. The monoisotopic (exact) mass is 207 g/mol. The molecule has 1 heterocycles. The van der Waals surface area contributed by atoms with Gasteiger partial charge in [0.25, 0.3) is 5.69 Å². The van der Waals surface area contributed by atoms with Crippen LogP contribution in [0.2, 0.25) is 0 Å². The van der Waals surface area contributed by atoms with Crippen LogP contribution in [-0.4, -0.2) is 24.1 Å². The van der Waals surface area contributed by atoms with Crippen LogP contribution >= 0.6 is 0 Å². The van der Waals surface area contributed by atoms with E-state index in [1.54, 1.807) is 12.1 Å². The molecule has 5 heteroatoms. The zero-order valence-electron chi connectivity index (χ0n) is 8.51. The first-order chi connectivity index (χ1) is 7.08. The average Bonchev–Trinajstić information content (AvgIpc) is 2.14. The highest BCUT2D eigenvalue weighted by Crippen LogP contribution is 2.28. The van der Waals surface area contributed by atoms with Crippen LogP contribution in [0.15, 0.2) is 18.2 Å². The molecule has 1 saturated heterocycles. The van der Waals surface area contributed by atoms with E-state index in [2.05, 4.69) is 4.90 Å². The number of hydrogen-bond donors (Lipinski definition) is 1. The van der Waals surface area contributed by atoms with Gasteiger partial charge in [-0.2, -0.15) is 0 Å². The molecule has 15 heavy (non-hydrogen) atoms. The second-order valence-electron chi connectivity index (χ2n) is 3.89. The maximum absolute atomic E-state index is 10.6. The summed E-state index contributed by atoms with van der Waals surface area (Å²) >= 11 is 0. The maximum Gasteiger partial charge on any atom is 0.271 e. The third-order valence-corrected chi connectivity index (χ3v) is 2.65. The lowest BCUT2D eigenvalue weighted by Crippen LogP contribution is -2.56. The Kier molecular flexibility index (Phi) is 2.32. The SMILES string of the molecule is Cc1ccc([N+](=O)[O-])cc1N1CC(N)C1. The standard InChI is InChI=1S/C10H13N3O2/c1-7-2-3-9(13(14)15)4-10(7)12-5-8(11)6-12/h2-4,8H,5-6,11H2,1H3.